The van der Waals surface area contributed by atoms with Gasteiger partial charge < -0.3 is 9.42 Å². The molecule has 1 saturated heterocycles. The minimum absolute atomic E-state index is 0.00291. The molecule has 0 spiro atoms. The summed E-state index contributed by atoms with van der Waals surface area (Å²) in [5, 5.41) is 4.06. The molecule has 2 aromatic heterocycles. The average Bonchev–Trinajstić information content (AvgIpc) is 3.20. The summed E-state index contributed by atoms with van der Waals surface area (Å²) in [6.07, 6.45) is 4.89. The van der Waals surface area contributed by atoms with Gasteiger partial charge >= 0.3 is 0 Å². The molecule has 2 aromatic rings. The Balaban J connectivity index is 1.36. The molecule has 1 unspecified atom stereocenters. The lowest BCUT2D eigenvalue weighted by Gasteiger charge is -2.23. The lowest BCUT2D eigenvalue weighted by Crippen LogP contribution is -2.36. The van der Waals surface area contributed by atoms with Gasteiger partial charge in [-0.25, -0.2) is 9.97 Å². The van der Waals surface area contributed by atoms with Crippen molar-refractivity contribution in [3.05, 3.63) is 35.5 Å². The van der Waals surface area contributed by atoms with E-state index < -0.39 is 0 Å². The normalized spacial score (nSPS) is 20.0. The van der Waals surface area contributed by atoms with Gasteiger partial charge in [0.15, 0.2) is 5.82 Å². The summed E-state index contributed by atoms with van der Waals surface area (Å²) in [6, 6.07) is 2.00. The van der Waals surface area contributed by atoms with Gasteiger partial charge in [0.1, 0.15) is 11.5 Å². The molecule has 1 amide bonds. The van der Waals surface area contributed by atoms with E-state index in [1.54, 1.807) is 12.3 Å². The minimum atomic E-state index is -0.00291. The van der Waals surface area contributed by atoms with E-state index in [-0.39, 0.29) is 17.9 Å². The summed E-state index contributed by atoms with van der Waals surface area (Å²) < 4.78 is 5.28. The highest BCUT2D eigenvalue weighted by molar-refractivity contribution is 5.92. The largest absolute Gasteiger partial charge is 0.339 e. The van der Waals surface area contributed by atoms with Crippen molar-refractivity contribution in [2.45, 2.75) is 57.5 Å². The van der Waals surface area contributed by atoms with E-state index in [4.69, 9.17) is 4.52 Å². The Morgan fingerprint density at radius 2 is 2.15 bits per heavy atom. The van der Waals surface area contributed by atoms with Crippen molar-refractivity contribution in [2.75, 3.05) is 20.1 Å². The Morgan fingerprint density at radius 3 is 2.85 bits per heavy atom. The first kappa shape index (κ1) is 18.0. The molecule has 8 nitrogen and oxygen atoms in total. The third-order valence-corrected chi connectivity index (χ3v) is 5.28. The maximum atomic E-state index is 12.8. The third-order valence-electron chi connectivity index (χ3n) is 5.28. The molecule has 27 heavy (non-hydrogen) atoms. The second kappa shape index (κ2) is 7.34. The molecule has 0 N–H and O–H groups in total. The van der Waals surface area contributed by atoms with Crippen LogP contribution in [-0.4, -0.2) is 62.0 Å². The molecular weight excluding hydrogens is 344 g/mol. The molecule has 2 aliphatic rings. The fourth-order valence-corrected chi connectivity index (χ4v) is 3.40. The van der Waals surface area contributed by atoms with Gasteiger partial charge in [-0.3, -0.25) is 9.69 Å². The smallest absolute Gasteiger partial charge is 0.272 e. The van der Waals surface area contributed by atoms with Crippen molar-refractivity contribution >= 4 is 5.91 Å². The van der Waals surface area contributed by atoms with E-state index in [1.807, 2.05) is 25.8 Å². The first-order valence-corrected chi connectivity index (χ1v) is 9.66. The monoisotopic (exact) mass is 370 g/mol. The zero-order chi connectivity index (χ0) is 19.0. The van der Waals surface area contributed by atoms with Crippen molar-refractivity contribution in [1.29, 1.82) is 0 Å². The van der Waals surface area contributed by atoms with Gasteiger partial charge in [0, 0.05) is 37.2 Å². The number of hydrogen-bond acceptors (Lipinski definition) is 7. The van der Waals surface area contributed by atoms with E-state index in [2.05, 4.69) is 25.0 Å². The van der Waals surface area contributed by atoms with Crippen molar-refractivity contribution in [3.8, 4) is 0 Å². The number of amides is 1. The number of carbonyl (C=O) groups is 1. The third kappa shape index (κ3) is 4.00. The Kier molecular flexibility index (Phi) is 4.90. The fourth-order valence-electron chi connectivity index (χ4n) is 3.40. The summed E-state index contributed by atoms with van der Waals surface area (Å²) in [4.78, 5) is 30.1. The number of aromatic nitrogens is 4. The van der Waals surface area contributed by atoms with Crippen LogP contribution in [0.5, 0.6) is 0 Å². The van der Waals surface area contributed by atoms with Crippen LogP contribution in [0, 0.1) is 0 Å². The van der Waals surface area contributed by atoms with Crippen LogP contribution in [0.2, 0.25) is 0 Å². The number of rotatable bonds is 6. The van der Waals surface area contributed by atoms with Crippen molar-refractivity contribution in [1.82, 2.24) is 29.9 Å². The molecule has 2 fully saturated rings. The molecular formula is C19H26N6O2. The predicted molar refractivity (Wildman–Crippen MR) is 98.2 cm³/mol. The fraction of sp³-hybridized carbons (Fsp3) is 0.632. The summed E-state index contributed by atoms with van der Waals surface area (Å²) in [6.45, 7) is 6.10. The highest BCUT2D eigenvalue weighted by atomic mass is 16.5. The van der Waals surface area contributed by atoms with Crippen LogP contribution in [0.3, 0.4) is 0 Å². The van der Waals surface area contributed by atoms with Crippen LogP contribution >= 0.6 is 0 Å². The van der Waals surface area contributed by atoms with Crippen LogP contribution in [-0.2, 0) is 6.54 Å². The number of nitrogens with zero attached hydrogens (tertiary/aromatic N) is 6. The van der Waals surface area contributed by atoms with Crippen molar-refractivity contribution in [2.24, 2.45) is 0 Å². The molecule has 8 heteroatoms. The molecule has 0 radical (unpaired) electrons. The average molecular weight is 370 g/mol. The van der Waals surface area contributed by atoms with Crippen LogP contribution in [0.15, 0.2) is 16.8 Å². The molecule has 1 saturated carbocycles. The summed E-state index contributed by atoms with van der Waals surface area (Å²) in [5.74, 6) is 2.83. The number of carbonyl (C=O) groups excluding carboxylic acids is 1. The second-order valence-electron chi connectivity index (χ2n) is 7.89. The minimum Gasteiger partial charge on any atom is -0.339 e. The van der Waals surface area contributed by atoms with E-state index in [1.165, 1.54) is 0 Å². The predicted octanol–water partition coefficient (Wildman–Crippen LogP) is 2.21. The standard InChI is InChI=1S/C19H26N6O2/c1-12(2)18-22-16(23-27-18)11-24(3)14-7-9-25(10-14)19(26)15-6-8-20-17(21-15)13-4-5-13/h6,8,12-14H,4-5,7,9-11H2,1-3H3. The highest BCUT2D eigenvalue weighted by Crippen LogP contribution is 2.37. The van der Waals surface area contributed by atoms with Crippen molar-refractivity contribution < 1.29 is 9.32 Å². The van der Waals surface area contributed by atoms with Gasteiger partial charge in [0.25, 0.3) is 5.91 Å². The molecule has 0 bridgehead atoms. The first-order chi connectivity index (χ1) is 13.0. The molecule has 1 aliphatic carbocycles. The SMILES string of the molecule is CC(C)c1nc(CN(C)C2CCN(C(=O)c3ccnc(C4CC4)n3)C2)no1. The summed E-state index contributed by atoms with van der Waals surface area (Å²) in [5.41, 5.74) is 0.509. The van der Waals surface area contributed by atoms with Crippen LogP contribution in [0.25, 0.3) is 0 Å². The molecule has 144 valence electrons. The molecule has 4 rings (SSSR count). The number of likely N-dealkylation sites (tertiary alicyclic amines) is 1. The van der Waals surface area contributed by atoms with Gasteiger partial charge in [-0.2, -0.15) is 4.98 Å². The van der Waals surface area contributed by atoms with Gasteiger partial charge in [-0.1, -0.05) is 19.0 Å². The van der Waals surface area contributed by atoms with Crippen molar-refractivity contribution in [3.63, 3.8) is 0 Å². The first-order valence-electron chi connectivity index (χ1n) is 9.66. The van der Waals surface area contributed by atoms with Gasteiger partial charge in [0.2, 0.25) is 5.89 Å². The molecule has 1 atom stereocenters. The zero-order valence-corrected chi connectivity index (χ0v) is 16.1. The molecule has 3 heterocycles. The topological polar surface area (TPSA) is 88.3 Å². The van der Waals surface area contributed by atoms with Gasteiger partial charge in [-0.15, -0.1) is 0 Å². The number of hydrogen-bond donors (Lipinski definition) is 0. The van der Waals surface area contributed by atoms with E-state index in [9.17, 15) is 4.79 Å². The van der Waals surface area contributed by atoms with Gasteiger partial charge in [-0.05, 0) is 32.4 Å². The van der Waals surface area contributed by atoms with E-state index in [0.29, 0.717) is 36.4 Å². The molecule has 1 aliphatic heterocycles. The molecule has 0 aromatic carbocycles. The second-order valence-corrected chi connectivity index (χ2v) is 7.89. The summed E-state index contributed by atoms with van der Waals surface area (Å²) in [7, 11) is 2.04. The Hall–Kier alpha value is -2.35. The summed E-state index contributed by atoms with van der Waals surface area (Å²) >= 11 is 0. The number of likely N-dealkylation sites (N-methyl/N-ethyl adjacent to an activating group) is 1. The van der Waals surface area contributed by atoms with Crippen LogP contribution in [0.1, 0.15) is 73.0 Å². The van der Waals surface area contributed by atoms with Crippen LogP contribution in [0.4, 0.5) is 0 Å². The lowest BCUT2D eigenvalue weighted by molar-refractivity contribution is 0.0773. The lowest BCUT2D eigenvalue weighted by atomic mass is 10.2. The Labute approximate surface area is 159 Å². The zero-order valence-electron chi connectivity index (χ0n) is 16.1. The maximum Gasteiger partial charge on any atom is 0.272 e. The Morgan fingerprint density at radius 1 is 1.33 bits per heavy atom. The van der Waals surface area contributed by atoms with Gasteiger partial charge in [0.05, 0.1) is 6.54 Å². The Bertz CT molecular complexity index is 816. The van der Waals surface area contributed by atoms with E-state index >= 15 is 0 Å². The highest BCUT2D eigenvalue weighted by Gasteiger charge is 2.32. The quantitative estimate of drug-likeness (QED) is 0.770. The van der Waals surface area contributed by atoms with Crippen LogP contribution < -0.4 is 0 Å². The maximum absolute atomic E-state index is 12.8. The van der Waals surface area contributed by atoms with E-state index in [0.717, 1.165) is 31.6 Å².